The van der Waals surface area contributed by atoms with Crippen LogP contribution in [-0.2, 0) is 4.74 Å². The minimum atomic E-state index is -0.0541. The summed E-state index contributed by atoms with van der Waals surface area (Å²) < 4.78 is 5.25. The molecule has 4 nitrogen and oxygen atoms in total. The van der Waals surface area contributed by atoms with E-state index in [1.165, 1.54) is 0 Å². The summed E-state index contributed by atoms with van der Waals surface area (Å²) >= 11 is 0. The molecule has 0 heterocycles. The van der Waals surface area contributed by atoms with Gasteiger partial charge >= 0.3 is 0 Å². The first-order valence-corrected chi connectivity index (χ1v) is 6.31. The molecule has 0 aliphatic heterocycles. The quantitative estimate of drug-likeness (QED) is 0.637. The number of hydrogen-bond donors (Lipinski definition) is 1. The van der Waals surface area contributed by atoms with Gasteiger partial charge < -0.3 is 15.4 Å². The highest BCUT2D eigenvalue weighted by Crippen LogP contribution is 2.10. The summed E-state index contributed by atoms with van der Waals surface area (Å²) in [6.45, 7) is 3.96. The zero-order chi connectivity index (χ0) is 14.1. The van der Waals surface area contributed by atoms with E-state index in [0.717, 1.165) is 0 Å². The van der Waals surface area contributed by atoms with Crippen LogP contribution in [0.5, 0.6) is 0 Å². The summed E-state index contributed by atoms with van der Waals surface area (Å²) in [6, 6.07) is 7.29. The number of likely N-dealkylation sites (N-methyl/N-ethyl adjacent to an activating group) is 1. The molecular formula is C15H20N2O2. The minimum Gasteiger partial charge on any atom is -0.380 e. The molecule has 0 fully saturated rings. The second kappa shape index (κ2) is 8.30. The van der Waals surface area contributed by atoms with Crippen LogP contribution in [0.3, 0.4) is 0 Å². The molecule has 102 valence electrons. The zero-order valence-electron chi connectivity index (χ0n) is 11.5. The van der Waals surface area contributed by atoms with Crippen molar-refractivity contribution in [1.29, 1.82) is 0 Å². The van der Waals surface area contributed by atoms with Crippen LogP contribution < -0.4 is 5.73 Å². The van der Waals surface area contributed by atoms with Crippen LogP contribution in [0.2, 0.25) is 0 Å². The van der Waals surface area contributed by atoms with Crippen molar-refractivity contribution in [2.45, 2.75) is 6.92 Å². The predicted octanol–water partition coefficient (Wildman–Crippen LogP) is 1.11. The van der Waals surface area contributed by atoms with Gasteiger partial charge in [0.05, 0.1) is 18.7 Å². The Balaban J connectivity index is 2.81. The van der Waals surface area contributed by atoms with Crippen molar-refractivity contribution in [1.82, 2.24) is 4.90 Å². The predicted molar refractivity (Wildman–Crippen MR) is 75.8 cm³/mol. The molecule has 4 heteroatoms. The molecule has 1 aromatic rings. The van der Waals surface area contributed by atoms with Gasteiger partial charge in [0.2, 0.25) is 0 Å². The normalized spacial score (nSPS) is 9.63. The van der Waals surface area contributed by atoms with E-state index in [1.807, 2.05) is 25.1 Å². The zero-order valence-corrected chi connectivity index (χ0v) is 11.5. The highest BCUT2D eigenvalue weighted by Gasteiger charge is 2.14. The third-order valence-electron chi connectivity index (χ3n) is 2.60. The van der Waals surface area contributed by atoms with Crippen molar-refractivity contribution >= 4 is 5.91 Å². The first-order chi connectivity index (χ1) is 9.20. The molecule has 1 rings (SSSR count). The molecule has 1 amide bonds. The van der Waals surface area contributed by atoms with Crippen molar-refractivity contribution < 1.29 is 9.53 Å². The largest absolute Gasteiger partial charge is 0.380 e. The maximum atomic E-state index is 12.3. The fourth-order valence-electron chi connectivity index (χ4n) is 1.58. The summed E-state index contributed by atoms with van der Waals surface area (Å²) in [6.07, 6.45) is 0. The summed E-state index contributed by atoms with van der Waals surface area (Å²) in [5, 5.41) is 0. The molecule has 0 aliphatic carbocycles. The fraction of sp³-hybridized carbons (Fsp3) is 0.400. The third kappa shape index (κ3) is 4.74. The molecule has 0 aliphatic rings. The van der Waals surface area contributed by atoms with E-state index in [2.05, 4.69) is 11.8 Å². The molecule has 0 atom stereocenters. The topological polar surface area (TPSA) is 55.6 Å². The van der Waals surface area contributed by atoms with Gasteiger partial charge in [-0.25, -0.2) is 0 Å². The number of nitrogens with zero attached hydrogens (tertiary/aromatic N) is 1. The van der Waals surface area contributed by atoms with Crippen molar-refractivity contribution in [2.75, 3.05) is 33.4 Å². The van der Waals surface area contributed by atoms with Crippen LogP contribution in [0.15, 0.2) is 24.3 Å². The molecule has 0 aromatic heterocycles. The smallest absolute Gasteiger partial charge is 0.254 e. The van der Waals surface area contributed by atoms with Crippen molar-refractivity contribution in [3.05, 3.63) is 35.4 Å². The van der Waals surface area contributed by atoms with Gasteiger partial charge in [0, 0.05) is 25.8 Å². The Labute approximate surface area is 114 Å². The molecule has 0 unspecified atom stereocenters. The van der Waals surface area contributed by atoms with Gasteiger partial charge in [-0.3, -0.25) is 4.79 Å². The van der Waals surface area contributed by atoms with Crippen LogP contribution in [0.4, 0.5) is 0 Å². The van der Waals surface area contributed by atoms with Crippen LogP contribution in [0.1, 0.15) is 22.8 Å². The summed E-state index contributed by atoms with van der Waals surface area (Å²) in [4.78, 5) is 13.9. The Hall–Kier alpha value is -1.83. The molecule has 0 radical (unpaired) electrons. The average molecular weight is 260 g/mol. The highest BCUT2D eigenvalue weighted by molar-refractivity contribution is 5.96. The van der Waals surface area contributed by atoms with Crippen LogP contribution in [-0.4, -0.2) is 44.2 Å². The lowest BCUT2D eigenvalue weighted by Crippen LogP contribution is -2.30. The van der Waals surface area contributed by atoms with E-state index in [-0.39, 0.29) is 12.5 Å². The van der Waals surface area contributed by atoms with E-state index >= 15 is 0 Å². The Morgan fingerprint density at radius 3 is 2.84 bits per heavy atom. The van der Waals surface area contributed by atoms with Gasteiger partial charge in [-0.2, -0.15) is 0 Å². The molecule has 0 bridgehead atoms. The number of rotatable bonds is 5. The first-order valence-electron chi connectivity index (χ1n) is 6.31. The Morgan fingerprint density at radius 1 is 1.42 bits per heavy atom. The molecule has 1 aromatic carbocycles. The third-order valence-corrected chi connectivity index (χ3v) is 2.60. The molecule has 0 saturated carbocycles. The van der Waals surface area contributed by atoms with Crippen LogP contribution in [0, 0.1) is 11.8 Å². The standard InChI is InChI=1S/C15H20N2O2/c1-3-19-12-11-17(2)15(18)14-9-5-4-7-13(14)8-6-10-16/h4-5,7,9H,3,10-12,16H2,1-2H3. The molecule has 2 N–H and O–H groups in total. The number of carbonyl (C=O) groups excluding carboxylic acids is 1. The number of ether oxygens (including phenoxy) is 1. The summed E-state index contributed by atoms with van der Waals surface area (Å²) in [7, 11) is 1.76. The van der Waals surface area contributed by atoms with E-state index in [1.54, 1.807) is 18.0 Å². The van der Waals surface area contributed by atoms with Gasteiger partial charge in [-0.1, -0.05) is 24.0 Å². The van der Waals surface area contributed by atoms with Gasteiger partial charge in [0.15, 0.2) is 0 Å². The fourth-order valence-corrected chi connectivity index (χ4v) is 1.58. The van der Waals surface area contributed by atoms with Crippen molar-refractivity contribution in [2.24, 2.45) is 5.73 Å². The maximum absolute atomic E-state index is 12.3. The van der Waals surface area contributed by atoms with Crippen molar-refractivity contribution in [3.8, 4) is 11.8 Å². The van der Waals surface area contributed by atoms with Gasteiger partial charge in [-0.05, 0) is 19.1 Å². The highest BCUT2D eigenvalue weighted by atomic mass is 16.5. The van der Waals surface area contributed by atoms with Crippen molar-refractivity contribution in [3.63, 3.8) is 0 Å². The number of hydrogen-bond acceptors (Lipinski definition) is 3. The number of nitrogens with two attached hydrogens (primary N) is 1. The van der Waals surface area contributed by atoms with Crippen LogP contribution in [0.25, 0.3) is 0 Å². The average Bonchev–Trinajstić information content (AvgIpc) is 2.44. The second-order valence-electron chi connectivity index (χ2n) is 3.98. The lowest BCUT2D eigenvalue weighted by molar-refractivity contribution is 0.0709. The van der Waals surface area contributed by atoms with E-state index < -0.39 is 0 Å². The van der Waals surface area contributed by atoms with Gasteiger partial charge in [0.1, 0.15) is 0 Å². The summed E-state index contributed by atoms with van der Waals surface area (Å²) in [5.41, 5.74) is 6.67. The second-order valence-corrected chi connectivity index (χ2v) is 3.98. The monoisotopic (exact) mass is 260 g/mol. The molecule has 19 heavy (non-hydrogen) atoms. The van der Waals surface area contributed by atoms with Crippen LogP contribution >= 0.6 is 0 Å². The lowest BCUT2D eigenvalue weighted by Gasteiger charge is -2.17. The Morgan fingerprint density at radius 2 is 2.16 bits per heavy atom. The Bertz CT molecular complexity index is 475. The van der Waals surface area contributed by atoms with Gasteiger partial charge in [-0.15, -0.1) is 0 Å². The number of benzene rings is 1. The number of amides is 1. The SMILES string of the molecule is CCOCCN(C)C(=O)c1ccccc1C#CCN. The van der Waals surface area contributed by atoms with E-state index in [9.17, 15) is 4.79 Å². The lowest BCUT2D eigenvalue weighted by atomic mass is 10.1. The Kier molecular flexibility index (Phi) is 6.65. The van der Waals surface area contributed by atoms with Gasteiger partial charge in [0.25, 0.3) is 5.91 Å². The van der Waals surface area contributed by atoms with E-state index in [0.29, 0.717) is 30.9 Å². The summed E-state index contributed by atoms with van der Waals surface area (Å²) in [5.74, 6) is 5.64. The molecule has 0 saturated heterocycles. The molecular weight excluding hydrogens is 240 g/mol. The number of carbonyl (C=O) groups is 1. The maximum Gasteiger partial charge on any atom is 0.254 e. The minimum absolute atomic E-state index is 0.0541. The first kappa shape index (κ1) is 15.2. The molecule has 0 spiro atoms. The van der Waals surface area contributed by atoms with E-state index in [4.69, 9.17) is 10.5 Å².